The molecule has 1 aliphatic heterocycles. The maximum atomic E-state index is 5.29. The van der Waals surface area contributed by atoms with E-state index in [2.05, 4.69) is 45.3 Å². The third-order valence-electron chi connectivity index (χ3n) is 3.61. The van der Waals surface area contributed by atoms with Crippen LogP contribution in [0.3, 0.4) is 0 Å². The Bertz CT molecular complexity index is 787. The molecule has 20 heavy (non-hydrogen) atoms. The first-order chi connectivity index (χ1) is 9.72. The summed E-state index contributed by atoms with van der Waals surface area (Å²) >= 11 is 0. The zero-order chi connectivity index (χ0) is 13.7. The van der Waals surface area contributed by atoms with E-state index in [9.17, 15) is 0 Å². The van der Waals surface area contributed by atoms with Crippen LogP contribution in [0, 0.1) is 6.92 Å². The molecular weight excluding hydrogens is 252 g/mol. The molecule has 0 spiro atoms. The number of imidazole rings is 1. The molecule has 0 atom stereocenters. The van der Waals surface area contributed by atoms with Gasteiger partial charge in [-0.25, -0.2) is 4.98 Å². The number of anilines is 1. The van der Waals surface area contributed by atoms with Gasteiger partial charge in [-0.05, 0) is 13.0 Å². The van der Waals surface area contributed by atoms with Crippen molar-refractivity contribution in [3.8, 4) is 22.8 Å². The van der Waals surface area contributed by atoms with Crippen LogP contribution in [0.15, 0.2) is 34.9 Å². The first kappa shape index (κ1) is 11.3. The summed E-state index contributed by atoms with van der Waals surface area (Å²) in [5, 5.41) is 3.91. The molecule has 100 valence electrons. The molecule has 0 unspecified atom stereocenters. The van der Waals surface area contributed by atoms with E-state index in [0.717, 1.165) is 29.5 Å². The van der Waals surface area contributed by atoms with E-state index in [4.69, 9.17) is 4.52 Å². The van der Waals surface area contributed by atoms with E-state index < -0.39 is 0 Å². The van der Waals surface area contributed by atoms with Gasteiger partial charge in [-0.2, -0.15) is 0 Å². The van der Waals surface area contributed by atoms with Gasteiger partial charge in [0.1, 0.15) is 0 Å². The number of hydrogen-bond donors (Lipinski definition) is 1. The number of fused-ring (bicyclic) bond motifs is 3. The summed E-state index contributed by atoms with van der Waals surface area (Å²) in [5.41, 5.74) is 5.35. The van der Waals surface area contributed by atoms with Crippen LogP contribution in [0.25, 0.3) is 22.8 Å². The van der Waals surface area contributed by atoms with E-state index in [-0.39, 0.29) is 0 Å². The van der Waals surface area contributed by atoms with E-state index in [1.807, 2.05) is 19.1 Å². The van der Waals surface area contributed by atoms with Crippen molar-refractivity contribution in [1.82, 2.24) is 15.1 Å². The molecule has 5 nitrogen and oxygen atoms in total. The molecule has 1 aromatic carbocycles. The highest BCUT2D eigenvalue weighted by Crippen LogP contribution is 2.37. The van der Waals surface area contributed by atoms with Gasteiger partial charge in [-0.3, -0.25) is 0 Å². The van der Waals surface area contributed by atoms with E-state index >= 15 is 0 Å². The highest BCUT2D eigenvalue weighted by molar-refractivity contribution is 5.81. The average Bonchev–Trinajstić information content (AvgIpc) is 3.05. The normalized spacial score (nSPS) is 13.2. The lowest BCUT2D eigenvalue weighted by molar-refractivity contribution is 0.425. The molecule has 5 heteroatoms. The number of benzene rings is 1. The lowest BCUT2D eigenvalue weighted by Gasteiger charge is -2.26. The van der Waals surface area contributed by atoms with Crippen LogP contribution >= 0.6 is 0 Å². The van der Waals surface area contributed by atoms with Gasteiger partial charge in [0.05, 0.1) is 23.6 Å². The summed E-state index contributed by atoms with van der Waals surface area (Å²) in [6.45, 7) is 2.69. The minimum Gasteiger partial charge on any atom is -0.368 e. The van der Waals surface area contributed by atoms with Crippen molar-refractivity contribution in [1.29, 1.82) is 0 Å². The summed E-state index contributed by atoms with van der Waals surface area (Å²) in [4.78, 5) is 10.2. The zero-order valence-electron chi connectivity index (χ0n) is 11.3. The highest BCUT2D eigenvalue weighted by Gasteiger charge is 2.24. The molecule has 0 aliphatic carbocycles. The number of H-pyrrole nitrogens is 1. The van der Waals surface area contributed by atoms with Crippen molar-refractivity contribution in [2.75, 3.05) is 11.9 Å². The number of aryl methyl sites for hydroxylation is 1. The van der Waals surface area contributed by atoms with Crippen molar-refractivity contribution in [2.45, 2.75) is 13.5 Å². The summed E-state index contributed by atoms with van der Waals surface area (Å²) in [6, 6.07) is 10.2. The molecule has 0 saturated carbocycles. The Morgan fingerprint density at radius 2 is 2.15 bits per heavy atom. The van der Waals surface area contributed by atoms with Gasteiger partial charge in [-0.1, -0.05) is 23.4 Å². The summed E-state index contributed by atoms with van der Waals surface area (Å²) in [5.74, 6) is 1.41. The van der Waals surface area contributed by atoms with Gasteiger partial charge in [0.15, 0.2) is 5.82 Å². The van der Waals surface area contributed by atoms with Crippen LogP contribution in [-0.4, -0.2) is 22.2 Å². The van der Waals surface area contributed by atoms with Crippen LogP contribution in [0.2, 0.25) is 0 Å². The number of rotatable bonds is 1. The first-order valence-electron chi connectivity index (χ1n) is 6.55. The number of aromatic amines is 1. The number of nitrogens with one attached hydrogen (secondary N) is 1. The molecule has 3 aromatic rings. The quantitative estimate of drug-likeness (QED) is 0.735. The molecule has 0 radical (unpaired) electrons. The van der Waals surface area contributed by atoms with E-state index in [1.165, 1.54) is 11.3 Å². The standard InChI is InChI=1S/C15H14N4O/c1-9-7-13(20-18-9)15-16-11-8-19(2)12-6-4-3-5-10(12)14(11)17-15/h3-7H,8H2,1-2H3,(H,16,17). The van der Waals surface area contributed by atoms with Gasteiger partial charge in [0.2, 0.25) is 5.76 Å². The van der Waals surface area contributed by atoms with Crippen molar-refractivity contribution in [3.63, 3.8) is 0 Å². The Kier molecular flexibility index (Phi) is 2.24. The van der Waals surface area contributed by atoms with Crippen molar-refractivity contribution >= 4 is 5.69 Å². The smallest absolute Gasteiger partial charge is 0.202 e. The lowest BCUT2D eigenvalue weighted by atomic mass is 10.0. The highest BCUT2D eigenvalue weighted by atomic mass is 16.5. The predicted octanol–water partition coefficient (Wildman–Crippen LogP) is 2.99. The van der Waals surface area contributed by atoms with Crippen molar-refractivity contribution in [2.24, 2.45) is 0 Å². The topological polar surface area (TPSA) is 58.0 Å². The fourth-order valence-corrected chi connectivity index (χ4v) is 2.67. The third kappa shape index (κ3) is 1.56. The molecule has 1 N–H and O–H groups in total. The minimum absolute atomic E-state index is 0.678. The van der Waals surface area contributed by atoms with Crippen LogP contribution in [0.4, 0.5) is 5.69 Å². The second-order valence-electron chi connectivity index (χ2n) is 5.11. The largest absolute Gasteiger partial charge is 0.368 e. The average molecular weight is 266 g/mol. The van der Waals surface area contributed by atoms with Gasteiger partial charge in [0.25, 0.3) is 0 Å². The molecule has 2 aromatic heterocycles. The molecule has 1 aliphatic rings. The molecule has 3 heterocycles. The summed E-state index contributed by atoms with van der Waals surface area (Å²) < 4.78 is 5.29. The zero-order valence-corrected chi connectivity index (χ0v) is 11.3. The summed E-state index contributed by atoms with van der Waals surface area (Å²) in [7, 11) is 2.08. The van der Waals surface area contributed by atoms with E-state index in [0.29, 0.717) is 5.76 Å². The number of para-hydroxylation sites is 1. The second-order valence-corrected chi connectivity index (χ2v) is 5.11. The Labute approximate surface area is 116 Å². The number of nitrogens with zero attached hydrogens (tertiary/aromatic N) is 3. The van der Waals surface area contributed by atoms with Gasteiger partial charge in [0, 0.05) is 24.4 Å². The molecular formula is C15H14N4O. The fraction of sp³-hybridized carbons (Fsp3) is 0.200. The molecule has 0 fully saturated rings. The Balaban J connectivity index is 1.88. The SMILES string of the molecule is Cc1cc(-c2nc3c([nH]2)-c2ccccc2N(C)C3)on1. The van der Waals surface area contributed by atoms with E-state index in [1.54, 1.807) is 0 Å². The van der Waals surface area contributed by atoms with Crippen LogP contribution in [0.5, 0.6) is 0 Å². The van der Waals surface area contributed by atoms with Crippen molar-refractivity contribution < 1.29 is 4.52 Å². The molecule has 0 saturated heterocycles. The van der Waals surface area contributed by atoms with Gasteiger partial charge >= 0.3 is 0 Å². The first-order valence-corrected chi connectivity index (χ1v) is 6.55. The molecule has 0 bridgehead atoms. The maximum Gasteiger partial charge on any atom is 0.202 e. The predicted molar refractivity (Wildman–Crippen MR) is 76.4 cm³/mol. The molecule has 4 rings (SSSR count). The fourth-order valence-electron chi connectivity index (χ4n) is 2.67. The Morgan fingerprint density at radius 1 is 1.30 bits per heavy atom. The Hall–Kier alpha value is -2.56. The minimum atomic E-state index is 0.678. The van der Waals surface area contributed by atoms with Crippen molar-refractivity contribution in [3.05, 3.63) is 41.7 Å². The third-order valence-corrected chi connectivity index (χ3v) is 3.61. The van der Waals surface area contributed by atoms with Gasteiger partial charge in [-0.15, -0.1) is 0 Å². The van der Waals surface area contributed by atoms with Crippen LogP contribution in [0.1, 0.15) is 11.4 Å². The van der Waals surface area contributed by atoms with Gasteiger partial charge < -0.3 is 14.4 Å². The Morgan fingerprint density at radius 3 is 2.95 bits per heavy atom. The lowest BCUT2D eigenvalue weighted by Crippen LogP contribution is -2.21. The maximum absolute atomic E-state index is 5.29. The van der Waals surface area contributed by atoms with Crippen LogP contribution in [-0.2, 0) is 6.54 Å². The monoisotopic (exact) mass is 266 g/mol. The number of aromatic nitrogens is 3. The molecule has 0 amide bonds. The second kappa shape index (κ2) is 3.96. The number of hydrogen-bond acceptors (Lipinski definition) is 4. The summed E-state index contributed by atoms with van der Waals surface area (Å²) in [6.07, 6.45) is 0. The van der Waals surface area contributed by atoms with Crippen LogP contribution < -0.4 is 4.90 Å².